The third-order valence-corrected chi connectivity index (χ3v) is 5.51. The zero-order chi connectivity index (χ0) is 23.1. The van der Waals surface area contributed by atoms with Crippen LogP contribution in [0.15, 0.2) is 60.8 Å². The molecule has 0 aliphatic carbocycles. The molecule has 2 heterocycles. The molecule has 6 nitrogen and oxygen atoms in total. The second kappa shape index (κ2) is 8.05. The number of halogens is 2. The second-order valence-corrected chi connectivity index (χ2v) is 7.33. The fraction of sp³-hybridized carbons (Fsp3) is 0.120. The summed E-state index contributed by atoms with van der Waals surface area (Å²) in [4.78, 5) is 4.59. The molecule has 5 aromatic rings. The largest absolute Gasteiger partial charge is 0.497 e. The first-order valence-corrected chi connectivity index (χ1v) is 10.1. The number of nitrogens with zero attached hydrogens (tertiary/aromatic N) is 3. The van der Waals surface area contributed by atoms with Gasteiger partial charge in [0.1, 0.15) is 22.9 Å². The standard InChI is InChI=1S/C25H19F2N3O3/c1-31-16-7-4-14(5-8-16)24-18-13-28-20-12-23(33-3)22(32-2)11-17(20)25(18)30(29-24)21-9-6-15(26)10-19(21)27/h4-13H,1-3H3. The Bertz CT molecular complexity index is 1500. The van der Waals surface area contributed by atoms with E-state index in [1.54, 1.807) is 32.5 Å². The van der Waals surface area contributed by atoms with Gasteiger partial charge in [0.15, 0.2) is 17.3 Å². The topological polar surface area (TPSA) is 58.4 Å². The molecule has 3 aromatic carbocycles. The molecule has 0 aliphatic rings. The van der Waals surface area contributed by atoms with Crippen molar-refractivity contribution in [2.45, 2.75) is 0 Å². The normalized spacial score (nSPS) is 11.2. The number of hydrogen-bond acceptors (Lipinski definition) is 5. The van der Waals surface area contributed by atoms with E-state index in [-0.39, 0.29) is 5.69 Å². The lowest BCUT2D eigenvalue weighted by Gasteiger charge is -2.11. The number of benzene rings is 3. The van der Waals surface area contributed by atoms with Gasteiger partial charge < -0.3 is 14.2 Å². The molecule has 0 saturated carbocycles. The van der Waals surface area contributed by atoms with Crippen molar-refractivity contribution in [3.8, 4) is 34.2 Å². The fourth-order valence-corrected chi connectivity index (χ4v) is 3.90. The fourth-order valence-electron chi connectivity index (χ4n) is 3.90. The number of ether oxygens (including phenoxy) is 3. The SMILES string of the molecule is COc1ccc(-c2nn(-c3ccc(F)cc3F)c3c2cnc2cc(OC)c(OC)cc23)cc1. The Labute approximate surface area is 188 Å². The highest BCUT2D eigenvalue weighted by molar-refractivity contribution is 6.09. The molecule has 5 rings (SSSR count). The van der Waals surface area contributed by atoms with E-state index in [0.717, 1.165) is 11.6 Å². The van der Waals surface area contributed by atoms with Gasteiger partial charge in [0.2, 0.25) is 0 Å². The molecule has 8 heteroatoms. The van der Waals surface area contributed by atoms with E-state index >= 15 is 0 Å². The molecule has 0 unspecified atom stereocenters. The van der Waals surface area contributed by atoms with Gasteiger partial charge in [-0.15, -0.1) is 0 Å². The highest BCUT2D eigenvalue weighted by Gasteiger charge is 2.21. The molecule has 0 N–H and O–H groups in total. The first-order chi connectivity index (χ1) is 16.0. The molecule has 0 spiro atoms. The van der Waals surface area contributed by atoms with Crippen molar-refractivity contribution in [3.05, 3.63) is 72.4 Å². The average Bonchev–Trinajstić information content (AvgIpc) is 3.23. The van der Waals surface area contributed by atoms with Crippen LogP contribution in [0.25, 0.3) is 38.8 Å². The van der Waals surface area contributed by atoms with Crippen molar-refractivity contribution in [1.82, 2.24) is 14.8 Å². The number of fused-ring (bicyclic) bond motifs is 3. The molecule has 0 bridgehead atoms. The molecular formula is C25H19F2N3O3. The third kappa shape index (κ3) is 3.40. The van der Waals surface area contributed by atoms with E-state index in [0.29, 0.717) is 44.7 Å². The van der Waals surface area contributed by atoms with E-state index in [4.69, 9.17) is 19.3 Å². The number of methoxy groups -OCH3 is 3. The Morgan fingerprint density at radius 1 is 0.788 bits per heavy atom. The van der Waals surface area contributed by atoms with Crippen LogP contribution in [0.2, 0.25) is 0 Å². The van der Waals surface area contributed by atoms with Crippen molar-refractivity contribution in [1.29, 1.82) is 0 Å². The lowest BCUT2D eigenvalue weighted by molar-refractivity contribution is 0.356. The summed E-state index contributed by atoms with van der Waals surface area (Å²) in [6, 6.07) is 14.3. The lowest BCUT2D eigenvalue weighted by Crippen LogP contribution is -2.01. The Balaban J connectivity index is 1.88. The van der Waals surface area contributed by atoms with Crippen molar-refractivity contribution < 1.29 is 23.0 Å². The molecule has 0 atom stereocenters. The maximum atomic E-state index is 14.9. The van der Waals surface area contributed by atoms with Crippen LogP contribution in [-0.2, 0) is 0 Å². The number of rotatable bonds is 5. The lowest BCUT2D eigenvalue weighted by atomic mass is 10.1. The summed E-state index contributed by atoms with van der Waals surface area (Å²) >= 11 is 0. The minimum atomic E-state index is -0.730. The van der Waals surface area contributed by atoms with Gasteiger partial charge in [-0.2, -0.15) is 5.10 Å². The zero-order valence-corrected chi connectivity index (χ0v) is 18.1. The zero-order valence-electron chi connectivity index (χ0n) is 18.1. The van der Waals surface area contributed by atoms with Gasteiger partial charge >= 0.3 is 0 Å². The molecule has 0 saturated heterocycles. The molecule has 166 valence electrons. The van der Waals surface area contributed by atoms with Gasteiger partial charge in [-0.05, 0) is 42.5 Å². The van der Waals surface area contributed by atoms with Crippen LogP contribution >= 0.6 is 0 Å². The number of pyridine rings is 1. The third-order valence-electron chi connectivity index (χ3n) is 5.51. The van der Waals surface area contributed by atoms with Gasteiger partial charge in [-0.1, -0.05) is 0 Å². The van der Waals surface area contributed by atoms with Crippen molar-refractivity contribution in [2.24, 2.45) is 0 Å². The molecule has 0 radical (unpaired) electrons. The van der Waals surface area contributed by atoms with E-state index in [2.05, 4.69) is 4.98 Å². The van der Waals surface area contributed by atoms with Crippen LogP contribution in [0.4, 0.5) is 8.78 Å². The Morgan fingerprint density at radius 3 is 2.18 bits per heavy atom. The smallest absolute Gasteiger partial charge is 0.162 e. The van der Waals surface area contributed by atoms with E-state index in [9.17, 15) is 8.78 Å². The quantitative estimate of drug-likeness (QED) is 0.354. The average molecular weight is 447 g/mol. The van der Waals surface area contributed by atoms with Gasteiger partial charge in [0.05, 0.1) is 32.4 Å². The van der Waals surface area contributed by atoms with Gasteiger partial charge in [-0.3, -0.25) is 4.98 Å². The van der Waals surface area contributed by atoms with Crippen molar-refractivity contribution in [2.75, 3.05) is 21.3 Å². The maximum Gasteiger partial charge on any atom is 0.162 e. The summed E-state index contributed by atoms with van der Waals surface area (Å²) in [5.41, 5.74) is 2.73. The van der Waals surface area contributed by atoms with Crippen molar-refractivity contribution in [3.63, 3.8) is 0 Å². The van der Waals surface area contributed by atoms with E-state index in [1.807, 2.05) is 24.3 Å². The van der Waals surface area contributed by atoms with Gasteiger partial charge in [-0.25, -0.2) is 13.5 Å². The molecule has 0 fully saturated rings. The van der Waals surface area contributed by atoms with Crippen LogP contribution < -0.4 is 14.2 Å². The monoisotopic (exact) mass is 447 g/mol. The first kappa shape index (κ1) is 20.7. The highest BCUT2D eigenvalue weighted by atomic mass is 19.1. The predicted octanol–water partition coefficient (Wildman–Crippen LogP) is 5.54. The van der Waals surface area contributed by atoms with E-state index < -0.39 is 11.6 Å². The summed E-state index contributed by atoms with van der Waals surface area (Å²) in [7, 11) is 4.67. The predicted molar refractivity (Wildman–Crippen MR) is 121 cm³/mol. The van der Waals surface area contributed by atoms with E-state index in [1.165, 1.54) is 23.9 Å². The van der Waals surface area contributed by atoms with Crippen LogP contribution in [0.5, 0.6) is 17.2 Å². The van der Waals surface area contributed by atoms with Crippen LogP contribution in [0, 0.1) is 11.6 Å². The molecule has 2 aromatic heterocycles. The first-order valence-electron chi connectivity index (χ1n) is 10.1. The summed E-state index contributed by atoms with van der Waals surface area (Å²) in [5, 5.41) is 6.10. The summed E-state index contributed by atoms with van der Waals surface area (Å²) in [5.74, 6) is 0.323. The second-order valence-electron chi connectivity index (χ2n) is 7.33. The summed E-state index contributed by atoms with van der Waals surface area (Å²) in [6.07, 6.45) is 1.69. The Hall–Kier alpha value is -4.20. The van der Waals surface area contributed by atoms with Crippen LogP contribution in [0.3, 0.4) is 0 Å². The Morgan fingerprint density at radius 2 is 1.52 bits per heavy atom. The Kier molecular flexibility index (Phi) is 5.05. The maximum absolute atomic E-state index is 14.9. The van der Waals surface area contributed by atoms with Crippen LogP contribution in [0.1, 0.15) is 0 Å². The van der Waals surface area contributed by atoms with Gasteiger partial charge in [0.25, 0.3) is 0 Å². The molecule has 0 aliphatic heterocycles. The van der Waals surface area contributed by atoms with Gasteiger partial charge in [0, 0.05) is 34.7 Å². The summed E-state index contributed by atoms with van der Waals surface area (Å²) < 4.78 is 46.1. The van der Waals surface area contributed by atoms with Crippen LogP contribution in [-0.4, -0.2) is 36.1 Å². The molecule has 0 amide bonds. The summed E-state index contributed by atoms with van der Waals surface area (Å²) in [6.45, 7) is 0. The molecular weight excluding hydrogens is 428 g/mol. The highest BCUT2D eigenvalue weighted by Crippen LogP contribution is 2.38. The molecule has 33 heavy (non-hydrogen) atoms. The minimum absolute atomic E-state index is 0.114. The van der Waals surface area contributed by atoms with Crippen molar-refractivity contribution >= 4 is 21.8 Å². The minimum Gasteiger partial charge on any atom is -0.497 e. The number of aromatic nitrogens is 3. The number of hydrogen-bond donors (Lipinski definition) is 0.